The van der Waals surface area contributed by atoms with Crippen LogP contribution in [0.15, 0.2) is 48.5 Å². The molecule has 1 aliphatic rings. The van der Waals surface area contributed by atoms with Gasteiger partial charge >= 0.3 is 0 Å². The van der Waals surface area contributed by atoms with Crippen molar-refractivity contribution in [2.24, 2.45) is 5.92 Å². The van der Waals surface area contributed by atoms with Crippen molar-refractivity contribution in [2.75, 3.05) is 5.32 Å². The number of carbonyl (C=O) groups is 3. The maximum Gasteiger partial charge on any atom is 0.262 e. The van der Waals surface area contributed by atoms with Crippen LogP contribution < -0.4 is 5.32 Å². The van der Waals surface area contributed by atoms with Gasteiger partial charge in [-0.1, -0.05) is 43.7 Å². The molecular formula is C20H20N2O3. The first-order valence-electron chi connectivity index (χ1n) is 8.24. The first-order chi connectivity index (χ1) is 11.9. The van der Waals surface area contributed by atoms with Crippen molar-refractivity contribution in [3.05, 3.63) is 65.2 Å². The Bertz CT molecular complexity index is 805. The SMILES string of the molecule is Cc1ccc(NC(=O)[C@H](C(C)C)N2C(=O)c3ccccc3C2=O)cc1. The molecule has 0 saturated heterocycles. The van der Waals surface area contributed by atoms with E-state index in [0.29, 0.717) is 16.8 Å². The van der Waals surface area contributed by atoms with Crippen LogP contribution in [0.3, 0.4) is 0 Å². The molecule has 1 atom stereocenters. The standard InChI is InChI=1S/C20H20N2O3/c1-12(2)17(18(23)21-14-10-8-13(3)9-11-14)22-19(24)15-6-4-5-7-16(15)20(22)25/h4-12,17H,1-3H3,(H,21,23)/t17-/m0/s1. The van der Waals surface area contributed by atoms with Gasteiger partial charge < -0.3 is 5.32 Å². The number of nitrogens with zero attached hydrogens (tertiary/aromatic N) is 1. The van der Waals surface area contributed by atoms with Crippen LogP contribution in [0.5, 0.6) is 0 Å². The lowest BCUT2D eigenvalue weighted by Gasteiger charge is -2.28. The summed E-state index contributed by atoms with van der Waals surface area (Å²) in [5.74, 6) is -1.42. The first kappa shape index (κ1) is 16.9. The number of hydrogen-bond donors (Lipinski definition) is 1. The minimum atomic E-state index is -0.867. The van der Waals surface area contributed by atoms with E-state index in [1.165, 1.54) is 0 Å². The Hall–Kier alpha value is -2.95. The number of anilines is 1. The molecule has 0 aliphatic carbocycles. The van der Waals surface area contributed by atoms with Crippen molar-refractivity contribution in [3.8, 4) is 0 Å². The summed E-state index contributed by atoms with van der Waals surface area (Å²) in [5.41, 5.74) is 2.42. The average molecular weight is 336 g/mol. The van der Waals surface area contributed by atoms with E-state index in [1.807, 2.05) is 32.9 Å². The van der Waals surface area contributed by atoms with E-state index in [4.69, 9.17) is 0 Å². The third kappa shape index (κ3) is 3.05. The normalized spacial score (nSPS) is 14.6. The van der Waals surface area contributed by atoms with Crippen LogP contribution >= 0.6 is 0 Å². The summed E-state index contributed by atoms with van der Waals surface area (Å²) in [6, 6.07) is 13.2. The fourth-order valence-corrected chi connectivity index (χ4v) is 3.03. The number of rotatable bonds is 4. The lowest BCUT2D eigenvalue weighted by Crippen LogP contribution is -2.50. The number of amides is 3. The highest BCUT2D eigenvalue weighted by atomic mass is 16.2. The smallest absolute Gasteiger partial charge is 0.262 e. The third-order valence-electron chi connectivity index (χ3n) is 4.32. The second-order valence-corrected chi connectivity index (χ2v) is 6.57. The van der Waals surface area contributed by atoms with E-state index in [2.05, 4.69) is 5.32 Å². The molecular weight excluding hydrogens is 316 g/mol. The van der Waals surface area contributed by atoms with Crippen molar-refractivity contribution in [1.82, 2.24) is 4.90 Å². The lowest BCUT2D eigenvalue weighted by molar-refractivity contribution is -0.121. The van der Waals surface area contributed by atoms with Gasteiger partial charge in [0.25, 0.3) is 11.8 Å². The van der Waals surface area contributed by atoms with Crippen LogP contribution in [0.4, 0.5) is 5.69 Å². The average Bonchev–Trinajstić information content (AvgIpc) is 2.83. The molecule has 25 heavy (non-hydrogen) atoms. The number of benzene rings is 2. The molecule has 2 aromatic rings. The Morgan fingerprint density at radius 2 is 1.44 bits per heavy atom. The molecule has 0 unspecified atom stereocenters. The number of nitrogens with one attached hydrogen (secondary N) is 1. The summed E-state index contributed by atoms with van der Waals surface area (Å²) in [5, 5.41) is 2.81. The summed E-state index contributed by atoms with van der Waals surface area (Å²) < 4.78 is 0. The Kier molecular flexibility index (Phi) is 4.40. The molecule has 0 bridgehead atoms. The number of aryl methyl sites for hydroxylation is 1. The molecule has 0 radical (unpaired) electrons. The Balaban J connectivity index is 1.89. The van der Waals surface area contributed by atoms with Gasteiger partial charge in [0.15, 0.2) is 0 Å². The molecule has 3 amide bonds. The summed E-state index contributed by atoms with van der Waals surface area (Å²) >= 11 is 0. The van der Waals surface area contributed by atoms with Crippen LogP contribution in [-0.4, -0.2) is 28.7 Å². The monoisotopic (exact) mass is 336 g/mol. The maximum absolute atomic E-state index is 12.8. The van der Waals surface area contributed by atoms with E-state index in [-0.39, 0.29) is 11.8 Å². The Labute approximate surface area is 146 Å². The number of carbonyl (C=O) groups excluding carboxylic acids is 3. The van der Waals surface area contributed by atoms with Crippen molar-refractivity contribution in [1.29, 1.82) is 0 Å². The lowest BCUT2D eigenvalue weighted by atomic mass is 10.0. The zero-order valence-electron chi connectivity index (χ0n) is 14.4. The van der Waals surface area contributed by atoms with Crippen molar-refractivity contribution in [3.63, 3.8) is 0 Å². The molecule has 3 rings (SSSR count). The molecule has 0 saturated carbocycles. The van der Waals surface area contributed by atoms with Gasteiger partial charge in [0.1, 0.15) is 6.04 Å². The van der Waals surface area contributed by atoms with Gasteiger partial charge in [-0.3, -0.25) is 19.3 Å². The molecule has 1 N–H and O–H groups in total. The van der Waals surface area contributed by atoms with E-state index >= 15 is 0 Å². The Morgan fingerprint density at radius 1 is 0.920 bits per heavy atom. The predicted octanol–water partition coefficient (Wildman–Crippen LogP) is 3.25. The number of imide groups is 1. The van der Waals surface area contributed by atoms with Gasteiger partial charge in [0.05, 0.1) is 11.1 Å². The van der Waals surface area contributed by atoms with Crippen LogP contribution in [0.2, 0.25) is 0 Å². The largest absolute Gasteiger partial charge is 0.324 e. The second kappa shape index (κ2) is 6.51. The minimum Gasteiger partial charge on any atom is -0.324 e. The zero-order valence-corrected chi connectivity index (χ0v) is 14.4. The van der Waals surface area contributed by atoms with Gasteiger partial charge in [-0.25, -0.2) is 0 Å². The van der Waals surface area contributed by atoms with E-state index in [1.54, 1.807) is 36.4 Å². The fraction of sp³-hybridized carbons (Fsp3) is 0.250. The molecule has 128 valence electrons. The molecule has 0 aromatic heterocycles. The molecule has 5 nitrogen and oxygen atoms in total. The highest BCUT2D eigenvalue weighted by Gasteiger charge is 2.43. The molecule has 5 heteroatoms. The van der Waals surface area contributed by atoms with Gasteiger partial charge in [-0.2, -0.15) is 0 Å². The molecule has 0 spiro atoms. The molecule has 2 aromatic carbocycles. The fourth-order valence-electron chi connectivity index (χ4n) is 3.03. The Morgan fingerprint density at radius 3 is 1.92 bits per heavy atom. The van der Waals surface area contributed by atoms with Crippen molar-refractivity contribution in [2.45, 2.75) is 26.8 Å². The zero-order chi connectivity index (χ0) is 18.1. The van der Waals surface area contributed by atoms with Crippen LogP contribution in [0.1, 0.15) is 40.1 Å². The van der Waals surface area contributed by atoms with Crippen LogP contribution in [0.25, 0.3) is 0 Å². The summed E-state index contributed by atoms with van der Waals surface area (Å²) in [4.78, 5) is 39.3. The summed E-state index contributed by atoms with van der Waals surface area (Å²) in [7, 11) is 0. The maximum atomic E-state index is 12.8. The van der Waals surface area contributed by atoms with E-state index < -0.39 is 17.9 Å². The quantitative estimate of drug-likeness (QED) is 0.872. The first-order valence-corrected chi connectivity index (χ1v) is 8.24. The van der Waals surface area contributed by atoms with Gasteiger partial charge in [0.2, 0.25) is 5.91 Å². The van der Waals surface area contributed by atoms with Crippen LogP contribution in [-0.2, 0) is 4.79 Å². The summed E-state index contributed by atoms with van der Waals surface area (Å²) in [6.45, 7) is 5.60. The minimum absolute atomic E-state index is 0.215. The third-order valence-corrected chi connectivity index (χ3v) is 4.32. The highest BCUT2D eigenvalue weighted by molar-refractivity contribution is 6.23. The van der Waals surface area contributed by atoms with Gasteiger partial charge in [0, 0.05) is 5.69 Å². The molecule has 1 aliphatic heterocycles. The molecule has 0 fully saturated rings. The van der Waals surface area contributed by atoms with Crippen LogP contribution in [0, 0.1) is 12.8 Å². The number of fused-ring (bicyclic) bond motifs is 1. The van der Waals surface area contributed by atoms with E-state index in [9.17, 15) is 14.4 Å². The summed E-state index contributed by atoms with van der Waals surface area (Å²) in [6.07, 6.45) is 0. The molecule has 1 heterocycles. The van der Waals surface area contributed by atoms with Gasteiger partial charge in [-0.15, -0.1) is 0 Å². The second-order valence-electron chi connectivity index (χ2n) is 6.57. The predicted molar refractivity (Wildman–Crippen MR) is 95.4 cm³/mol. The highest BCUT2D eigenvalue weighted by Crippen LogP contribution is 2.27. The van der Waals surface area contributed by atoms with Gasteiger partial charge in [-0.05, 0) is 37.1 Å². The van der Waals surface area contributed by atoms with Crippen molar-refractivity contribution >= 4 is 23.4 Å². The number of hydrogen-bond acceptors (Lipinski definition) is 3. The van der Waals surface area contributed by atoms with Crippen molar-refractivity contribution < 1.29 is 14.4 Å². The van der Waals surface area contributed by atoms with E-state index in [0.717, 1.165) is 10.5 Å². The topological polar surface area (TPSA) is 66.5 Å².